The van der Waals surface area contributed by atoms with E-state index in [-0.39, 0.29) is 0 Å². The molecule has 0 bridgehead atoms. The number of nitrogens with two attached hydrogens (primary N) is 1. The number of fused-ring (bicyclic) bond motifs is 1. The molecule has 8 heteroatoms. The number of carbonyl (C=O) groups is 1. The minimum atomic E-state index is -0.558. The molecule has 0 fully saturated rings. The van der Waals surface area contributed by atoms with Crippen LogP contribution < -0.4 is 11.1 Å². The average Bonchev–Trinajstić information content (AvgIpc) is 2.63. The van der Waals surface area contributed by atoms with Crippen LogP contribution in [-0.2, 0) is 4.74 Å². The number of hydrogen-bond acceptors (Lipinski definition) is 6. The predicted molar refractivity (Wildman–Crippen MR) is 66.0 cm³/mol. The minimum absolute atomic E-state index is 0.378. The molecule has 0 atom stereocenters. The summed E-state index contributed by atoms with van der Waals surface area (Å²) >= 11 is 1.25. The number of aromatic amines is 1. The van der Waals surface area contributed by atoms with Crippen molar-refractivity contribution in [2.45, 2.75) is 26.4 Å². The molecule has 0 radical (unpaired) electrons. The van der Waals surface area contributed by atoms with Gasteiger partial charge in [0.05, 0.1) is 0 Å². The van der Waals surface area contributed by atoms with Gasteiger partial charge in [0.1, 0.15) is 10.3 Å². The Balaban J connectivity index is 2.15. The highest BCUT2D eigenvalue weighted by atomic mass is 32.1. The molecule has 0 aliphatic heterocycles. The van der Waals surface area contributed by atoms with E-state index < -0.39 is 11.7 Å². The first-order valence-electron chi connectivity index (χ1n) is 4.95. The van der Waals surface area contributed by atoms with Crippen molar-refractivity contribution in [3.63, 3.8) is 0 Å². The van der Waals surface area contributed by atoms with Gasteiger partial charge >= 0.3 is 6.09 Å². The van der Waals surface area contributed by atoms with Gasteiger partial charge in [-0.05, 0) is 20.8 Å². The number of anilines is 2. The topological polar surface area (TPSA) is 106 Å². The van der Waals surface area contributed by atoms with E-state index in [1.807, 2.05) is 0 Å². The summed E-state index contributed by atoms with van der Waals surface area (Å²) in [4.78, 5) is 15.5. The largest absolute Gasteiger partial charge is 0.444 e. The van der Waals surface area contributed by atoms with Crippen molar-refractivity contribution in [3.8, 4) is 0 Å². The molecule has 4 N–H and O–H groups in total. The number of H-pyrrole nitrogens is 1. The monoisotopic (exact) mass is 255 g/mol. The van der Waals surface area contributed by atoms with Crippen LogP contribution in [0.4, 0.5) is 15.7 Å². The van der Waals surface area contributed by atoms with Crippen LogP contribution in [0.5, 0.6) is 0 Å². The van der Waals surface area contributed by atoms with Gasteiger partial charge in [-0.3, -0.25) is 10.4 Å². The van der Waals surface area contributed by atoms with E-state index in [0.29, 0.717) is 21.3 Å². The Labute approximate surface area is 101 Å². The zero-order valence-electron chi connectivity index (χ0n) is 9.70. The van der Waals surface area contributed by atoms with Crippen LogP contribution in [-0.4, -0.2) is 26.9 Å². The van der Waals surface area contributed by atoms with E-state index in [0.717, 1.165) is 0 Å². The summed E-state index contributed by atoms with van der Waals surface area (Å²) in [5.41, 5.74) is 5.56. The molecule has 0 saturated carbocycles. The zero-order valence-corrected chi connectivity index (χ0v) is 10.5. The fraction of sp³-hybridized carbons (Fsp3) is 0.444. The Bertz CT molecular complexity index is 553. The highest BCUT2D eigenvalue weighted by molar-refractivity contribution is 7.22. The molecular weight excluding hydrogens is 242 g/mol. The number of rotatable bonds is 1. The SMILES string of the molecule is CC(C)(C)OC(=O)Nc1n[nH]c2nc(N)sc12. The molecule has 7 nitrogen and oxygen atoms in total. The van der Waals surface area contributed by atoms with Gasteiger partial charge in [0, 0.05) is 0 Å². The number of carbonyl (C=O) groups excluding carboxylic acids is 1. The number of hydrogen-bond donors (Lipinski definition) is 3. The van der Waals surface area contributed by atoms with Gasteiger partial charge in [0.25, 0.3) is 0 Å². The predicted octanol–water partition coefficient (Wildman–Crippen LogP) is 1.95. The van der Waals surface area contributed by atoms with Gasteiger partial charge in [-0.2, -0.15) is 5.10 Å². The average molecular weight is 255 g/mol. The van der Waals surface area contributed by atoms with E-state index >= 15 is 0 Å². The van der Waals surface area contributed by atoms with Crippen LogP contribution >= 0.6 is 11.3 Å². The van der Waals surface area contributed by atoms with Gasteiger partial charge < -0.3 is 10.5 Å². The van der Waals surface area contributed by atoms with Crippen molar-refractivity contribution in [3.05, 3.63) is 0 Å². The molecule has 2 heterocycles. The lowest BCUT2D eigenvalue weighted by Crippen LogP contribution is -2.27. The van der Waals surface area contributed by atoms with E-state index in [4.69, 9.17) is 10.5 Å². The molecule has 0 aliphatic rings. The van der Waals surface area contributed by atoms with Crippen LogP contribution in [0, 0.1) is 0 Å². The molecule has 2 rings (SSSR count). The third-order valence-electron chi connectivity index (χ3n) is 1.75. The molecule has 0 aliphatic carbocycles. The maximum absolute atomic E-state index is 11.5. The molecule has 2 aromatic heterocycles. The fourth-order valence-corrected chi connectivity index (χ4v) is 1.94. The zero-order chi connectivity index (χ0) is 12.6. The lowest BCUT2D eigenvalue weighted by molar-refractivity contribution is 0.0635. The number of aromatic nitrogens is 3. The molecule has 0 spiro atoms. The first kappa shape index (κ1) is 11.6. The summed E-state index contributed by atoms with van der Waals surface area (Å²) in [6.07, 6.45) is -0.558. The molecule has 17 heavy (non-hydrogen) atoms. The van der Waals surface area contributed by atoms with Crippen molar-refractivity contribution in [2.24, 2.45) is 0 Å². The Morgan fingerprint density at radius 3 is 2.88 bits per heavy atom. The molecule has 92 valence electrons. The first-order valence-corrected chi connectivity index (χ1v) is 5.77. The minimum Gasteiger partial charge on any atom is -0.444 e. The van der Waals surface area contributed by atoms with Crippen LogP contribution in [0.1, 0.15) is 20.8 Å². The third kappa shape index (κ3) is 2.64. The Morgan fingerprint density at radius 2 is 2.24 bits per heavy atom. The van der Waals surface area contributed by atoms with Gasteiger partial charge in [-0.25, -0.2) is 9.78 Å². The normalized spacial score (nSPS) is 11.7. The van der Waals surface area contributed by atoms with Crippen molar-refractivity contribution in [2.75, 3.05) is 11.1 Å². The molecule has 0 saturated heterocycles. The number of nitrogens with zero attached hydrogens (tertiary/aromatic N) is 2. The standard InChI is InChI=1S/C9H13N5O2S/c1-9(2,3)16-8(15)12-6-4-5(13-14-6)11-7(10)17-4/h1-3H3,(H4,10,11,12,13,14,15). The van der Waals surface area contributed by atoms with Crippen LogP contribution in [0.25, 0.3) is 10.3 Å². The Kier molecular flexibility index (Phi) is 2.66. The fourth-order valence-electron chi connectivity index (χ4n) is 1.22. The number of amides is 1. The maximum atomic E-state index is 11.5. The van der Waals surface area contributed by atoms with Crippen molar-refractivity contribution in [1.29, 1.82) is 0 Å². The van der Waals surface area contributed by atoms with Gasteiger partial charge in [0.15, 0.2) is 16.6 Å². The quantitative estimate of drug-likeness (QED) is 0.722. The molecular formula is C9H13N5O2S. The lowest BCUT2D eigenvalue weighted by Gasteiger charge is -2.19. The molecule has 2 aromatic rings. The number of ether oxygens (including phenoxy) is 1. The molecule has 1 amide bonds. The maximum Gasteiger partial charge on any atom is 0.413 e. The van der Waals surface area contributed by atoms with Crippen molar-refractivity contribution >= 4 is 38.7 Å². The summed E-state index contributed by atoms with van der Waals surface area (Å²) in [6, 6.07) is 0. The lowest BCUT2D eigenvalue weighted by atomic mass is 10.2. The molecule has 0 unspecified atom stereocenters. The smallest absolute Gasteiger partial charge is 0.413 e. The number of nitrogen functional groups attached to an aromatic ring is 1. The van der Waals surface area contributed by atoms with Crippen LogP contribution in [0.2, 0.25) is 0 Å². The summed E-state index contributed by atoms with van der Waals surface area (Å²) in [5, 5.41) is 9.56. The summed E-state index contributed by atoms with van der Waals surface area (Å²) in [5.74, 6) is 0.378. The van der Waals surface area contributed by atoms with Gasteiger partial charge in [-0.1, -0.05) is 11.3 Å². The van der Waals surface area contributed by atoms with E-state index in [9.17, 15) is 4.79 Å². The first-order chi connectivity index (χ1) is 7.85. The third-order valence-corrected chi connectivity index (χ3v) is 2.64. The summed E-state index contributed by atoms with van der Waals surface area (Å²) in [7, 11) is 0. The van der Waals surface area contributed by atoms with E-state index in [1.165, 1.54) is 11.3 Å². The number of nitrogens with one attached hydrogen (secondary N) is 2. The van der Waals surface area contributed by atoms with Crippen LogP contribution in [0.15, 0.2) is 0 Å². The highest BCUT2D eigenvalue weighted by Crippen LogP contribution is 2.28. The molecule has 0 aromatic carbocycles. The van der Waals surface area contributed by atoms with Crippen molar-refractivity contribution in [1.82, 2.24) is 15.2 Å². The van der Waals surface area contributed by atoms with Gasteiger partial charge in [-0.15, -0.1) is 0 Å². The second-order valence-corrected chi connectivity index (χ2v) is 5.46. The van der Waals surface area contributed by atoms with Crippen molar-refractivity contribution < 1.29 is 9.53 Å². The van der Waals surface area contributed by atoms with Gasteiger partial charge in [0.2, 0.25) is 0 Å². The Hall–Kier alpha value is -1.83. The van der Waals surface area contributed by atoms with Crippen LogP contribution in [0.3, 0.4) is 0 Å². The number of thiazole rings is 1. The second-order valence-electron chi connectivity index (χ2n) is 4.43. The highest BCUT2D eigenvalue weighted by Gasteiger charge is 2.19. The van der Waals surface area contributed by atoms with E-state index in [2.05, 4.69) is 20.5 Å². The van der Waals surface area contributed by atoms with E-state index in [1.54, 1.807) is 20.8 Å². The second kappa shape index (κ2) is 3.88. The Morgan fingerprint density at radius 1 is 1.53 bits per heavy atom. The summed E-state index contributed by atoms with van der Waals surface area (Å²) in [6.45, 7) is 5.37. The summed E-state index contributed by atoms with van der Waals surface area (Å²) < 4.78 is 5.82.